The molecule has 0 radical (unpaired) electrons. The summed E-state index contributed by atoms with van der Waals surface area (Å²) in [6.45, 7) is 0. The van der Waals surface area contributed by atoms with Crippen molar-refractivity contribution in [3.63, 3.8) is 0 Å². The summed E-state index contributed by atoms with van der Waals surface area (Å²) in [4.78, 5) is 51.4. The van der Waals surface area contributed by atoms with Crippen LogP contribution >= 0.6 is 19.1 Å². The van der Waals surface area contributed by atoms with Gasteiger partial charge >= 0.3 is 24.2 Å². The number of nitrogens with two attached hydrogens (primary N) is 1. The molecule has 0 bridgehead atoms. The molecule has 1 aromatic rings. The molecule has 5 N–H and O–H groups in total. The zero-order chi connectivity index (χ0) is 15.5. The van der Waals surface area contributed by atoms with E-state index in [0.29, 0.717) is 11.3 Å². The molecule has 0 unspecified atom stereocenters. The van der Waals surface area contributed by atoms with Crippen LogP contribution in [-0.2, 0) is 4.79 Å². The molecule has 1 heterocycles. The zero-order valence-corrected chi connectivity index (χ0v) is 11.7. The fourth-order valence-corrected chi connectivity index (χ4v) is 3.76. The van der Waals surface area contributed by atoms with E-state index in [-0.39, 0.29) is 16.3 Å². The van der Waals surface area contributed by atoms with Gasteiger partial charge in [0.2, 0.25) is 0 Å². The molecule has 110 valence electrons. The number of nitro groups is 1. The van der Waals surface area contributed by atoms with Gasteiger partial charge in [-0.3, -0.25) is 14.9 Å². The lowest BCUT2D eigenvalue weighted by molar-refractivity contribution is -0.380. The minimum Gasteiger partial charge on any atom is -0.480 e. The van der Waals surface area contributed by atoms with E-state index >= 15 is 0 Å². The molecule has 0 saturated heterocycles. The zero-order valence-electron chi connectivity index (χ0n) is 10.0. The van der Waals surface area contributed by atoms with Gasteiger partial charge in [0.1, 0.15) is 17.1 Å². The van der Waals surface area contributed by atoms with Gasteiger partial charge in [0.15, 0.2) is 0 Å². The van der Waals surface area contributed by atoms with Gasteiger partial charge in [0.25, 0.3) is 0 Å². The second-order valence-electron chi connectivity index (χ2n) is 3.89. The van der Waals surface area contributed by atoms with E-state index in [1.165, 1.54) is 0 Å². The van der Waals surface area contributed by atoms with E-state index in [1.54, 1.807) is 0 Å². The van der Waals surface area contributed by atoms with Gasteiger partial charge < -0.3 is 10.8 Å². The number of thiophene rings is 1. The highest BCUT2D eigenvalue weighted by Gasteiger charge is 2.46. The SMILES string of the molecule is N[C@@H](CC[P+](O)(O)C(=O)c1ccc([N+](=O)[O-])s1)C(=O)O. The summed E-state index contributed by atoms with van der Waals surface area (Å²) in [5.74, 6) is -1.32. The number of rotatable bonds is 7. The van der Waals surface area contributed by atoms with Crippen LogP contribution in [0.2, 0.25) is 0 Å². The Kier molecular flexibility index (Phi) is 5.26. The Hall–Kier alpha value is -1.45. The Morgan fingerprint density at radius 2 is 2.05 bits per heavy atom. The Morgan fingerprint density at radius 1 is 1.45 bits per heavy atom. The van der Waals surface area contributed by atoms with Gasteiger partial charge in [-0.05, 0) is 6.07 Å². The fraction of sp³-hybridized carbons (Fsp3) is 0.333. The average molecular weight is 323 g/mol. The van der Waals surface area contributed by atoms with Crippen molar-refractivity contribution in [1.29, 1.82) is 0 Å². The van der Waals surface area contributed by atoms with E-state index < -0.39 is 36.3 Å². The quantitative estimate of drug-likeness (QED) is 0.318. The molecule has 0 fully saturated rings. The molecule has 0 aliphatic heterocycles. The van der Waals surface area contributed by atoms with Gasteiger partial charge in [-0.15, -0.1) is 0 Å². The summed E-state index contributed by atoms with van der Waals surface area (Å²) in [6, 6.07) is 0.906. The monoisotopic (exact) mass is 323 g/mol. The molecule has 0 aromatic carbocycles. The molecule has 0 aliphatic carbocycles. The lowest BCUT2D eigenvalue weighted by Crippen LogP contribution is -2.31. The van der Waals surface area contributed by atoms with Crippen LogP contribution in [0.5, 0.6) is 0 Å². The van der Waals surface area contributed by atoms with E-state index in [4.69, 9.17) is 10.8 Å². The maximum Gasteiger partial charge on any atom is 0.366 e. The topological polar surface area (TPSA) is 164 Å². The molecular formula is C9H12N2O7PS+. The van der Waals surface area contributed by atoms with Crippen LogP contribution in [0.4, 0.5) is 5.00 Å². The van der Waals surface area contributed by atoms with Crippen LogP contribution in [0.3, 0.4) is 0 Å². The summed E-state index contributed by atoms with van der Waals surface area (Å²) in [5, 5.41) is 18.8. The van der Waals surface area contributed by atoms with E-state index in [2.05, 4.69) is 0 Å². The van der Waals surface area contributed by atoms with Crippen LogP contribution in [0.25, 0.3) is 0 Å². The molecule has 0 aliphatic rings. The average Bonchev–Trinajstić information content (AvgIpc) is 2.84. The Bertz CT molecular complexity index is 544. The Morgan fingerprint density at radius 3 is 2.50 bits per heavy atom. The molecule has 20 heavy (non-hydrogen) atoms. The van der Waals surface area contributed by atoms with Crippen molar-refractivity contribution < 1.29 is 29.4 Å². The Balaban J connectivity index is 2.77. The normalized spacial score (nSPS) is 12.9. The number of carbonyl (C=O) groups excluding carboxylic acids is 1. The molecule has 1 rings (SSSR count). The number of nitrogens with zero attached hydrogens (tertiary/aromatic N) is 1. The summed E-state index contributed by atoms with van der Waals surface area (Å²) in [5.41, 5.74) is 4.18. The first-order valence-corrected chi connectivity index (χ1v) is 7.96. The predicted molar refractivity (Wildman–Crippen MR) is 71.8 cm³/mol. The predicted octanol–water partition coefficient (Wildman–Crippen LogP) is 0.431. The summed E-state index contributed by atoms with van der Waals surface area (Å²) >= 11 is 0.528. The number of carbonyl (C=O) groups is 2. The van der Waals surface area contributed by atoms with Gasteiger partial charge in [-0.2, -0.15) is 0 Å². The number of hydrogen-bond acceptors (Lipinski definition) is 8. The smallest absolute Gasteiger partial charge is 0.366 e. The molecule has 9 nitrogen and oxygen atoms in total. The van der Waals surface area contributed by atoms with Crippen LogP contribution < -0.4 is 5.73 Å². The van der Waals surface area contributed by atoms with Crippen molar-refractivity contribution in [2.24, 2.45) is 5.73 Å². The van der Waals surface area contributed by atoms with E-state index in [1.807, 2.05) is 0 Å². The highest BCUT2D eigenvalue weighted by molar-refractivity contribution is 7.82. The summed E-state index contributed by atoms with van der Waals surface area (Å²) in [7, 11) is -4.06. The third-order valence-electron chi connectivity index (χ3n) is 2.38. The Labute approximate surface area is 117 Å². The molecule has 11 heteroatoms. The molecule has 1 atom stereocenters. The van der Waals surface area contributed by atoms with Crippen molar-refractivity contribution in [2.45, 2.75) is 12.5 Å². The largest absolute Gasteiger partial charge is 0.480 e. The first kappa shape index (κ1) is 16.6. The second kappa shape index (κ2) is 6.33. The van der Waals surface area contributed by atoms with Crippen molar-refractivity contribution in [2.75, 3.05) is 6.16 Å². The maximum absolute atomic E-state index is 11.8. The van der Waals surface area contributed by atoms with Crippen molar-refractivity contribution in [1.82, 2.24) is 0 Å². The van der Waals surface area contributed by atoms with Crippen molar-refractivity contribution in [3.05, 3.63) is 27.1 Å². The number of hydrogen-bond donors (Lipinski definition) is 4. The van der Waals surface area contributed by atoms with Crippen LogP contribution in [0.1, 0.15) is 16.1 Å². The first-order chi connectivity index (χ1) is 9.15. The first-order valence-electron chi connectivity index (χ1n) is 5.26. The number of carboxylic acids is 1. The highest BCUT2D eigenvalue weighted by Crippen LogP contribution is 2.54. The van der Waals surface area contributed by atoms with Gasteiger partial charge in [0.05, 0.1) is 4.92 Å². The third kappa shape index (κ3) is 4.02. The highest BCUT2D eigenvalue weighted by atomic mass is 32.1. The van der Waals surface area contributed by atoms with Crippen LogP contribution in [0.15, 0.2) is 12.1 Å². The fourth-order valence-electron chi connectivity index (χ4n) is 1.26. The molecule has 0 spiro atoms. The van der Waals surface area contributed by atoms with Gasteiger partial charge in [-0.25, -0.2) is 14.6 Å². The minimum atomic E-state index is -4.06. The molecule has 0 saturated carbocycles. The van der Waals surface area contributed by atoms with Crippen molar-refractivity contribution >= 4 is 35.5 Å². The van der Waals surface area contributed by atoms with Crippen molar-refractivity contribution in [3.8, 4) is 0 Å². The maximum atomic E-state index is 11.8. The third-order valence-corrected chi connectivity index (χ3v) is 5.34. The number of carboxylic acid groups (broad SMARTS) is 1. The summed E-state index contributed by atoms with van der Waals surface area (Å²) < 4.78 is 0. The van der Waals surface area contributed by atoms with Gasteiger partial charge in [0, 0.05) is 12.5 Å². The molecular weight excluding hydrogens is 311 g/mol. The van der Waals surface area contributed by atoms with Crippen LogP contribution in [0, 0.1) is 10.1 Å². The lowest BCUT2D eigenvalue weighted by Gasteiger charge is -2.11. The molecule has 1 aromatic heterocycles. The van der Waals surface area contributed by atoms with E-state index in [9.17, 15) is 29.5 Å². The number of aliphatic carboxylic acids is 1. The summed E-state index contributed by atoms with van der Waals surface area (Å²) in [6.07, 6.45) is -0.764. The lowest BCUT2D eigenvalue weighted by atomic mass is 10.2. The second-order valence-corrected chi connectivity index (χ2v) is 7.26. The van der Waals surface area contributed by atoms with Gasteiger partial charge in [-0.1, -0.05) is 11.3 Å². The standard InChI is InChI=1S/C9H11N2O7PS/c10-5(8(12)13)3-4-19(17,18)9(14)6-1-2-7(20-6)11(15)16/h1-2,5,17-18H,3-4,10H2/p+1/t5-/m0/s1. The minimum absolute atomic E-state index is 0.154. The molecule has 0 amide bonds. The van der Waals surface area contributed by atoms with Crippen LogP contribution in [-0.4, -0.2) is 43.5 Å². The van der Waals surface area contributed by atoms with E-state index in [0.717, 1.165) is 12.1 Å².